The van der Waals surface area contributed by atoms with E-state index in [4.69, 9.17) is 17.3 Å². The monoisotopic (exact) mass is 385 g/mol. The minimum absolute atomic E-state index is 0.313. The first-order chi connectivity index (χ1) is 12.5. The summed E-state index contributed by atoms with van der Waals surface area (Å²) in [7, 11) is 0. The Labute approximate surface area is 162 Å². The molecule has 6 heteroatoms. The molecular formula is C20H33ClFN3O. The van der Waals surface area contributed by atoms with Gasteiger partial charge in [0.1, 0.15) is 5.83 Å². The Hall–Kier alpha value is -1.17. The maximum absolute atomic E-state index is 14.6. The summed E-state index contributed by atoms with van der Waals surface area (Å²) in [6.45, 7) is 7.37. The lowest BCUT2D eigenvalue weighted by atomic mass is 9.89. The molecule has 0 aliphatic heterocycles. The molecule has 148 valence electrons. The Kier molecular flexibility index (Phi) is 11.5. The fourth-order valence-corrected chi connectivity index (χ4v) is 3.36. The fourth-order valence-electron chi connectivity index (χ4n) is 3.29. The molecule has 0 heterocycles. The Morgan fingerprint density at radius 2 is 2.08 bits per heavy atom. The van der Waals surface area contributed by atoms with Crippen LogP contribution < -0.4 is 16.4 Å². The number of carbonyl (C=O) groups is 1. The maximum atomic E-state index is 14.6. The SMILES string of the molecule is C=C(Cl)/C=C\C=C(/F)C(CCNCC1CCCCC1)C(N)C(=O)NCC. The van der Waals surface area contributed by atoms with Crippen molar-refractivity contribution in [2.24, 2.45) is 17.6 Å². The summed E-state index contributed by atoms with van der Waals surface area (Å²) in [5.41, 5.74) is 6.02. The number of allylic oxidation sites excluding steroid dienone is 4. The average Bonchev–Trinajstić information content (AvgIpc) is 2.62. The van der Waals surface area contributed by atoms with Crippen molar-refractivity contribution in [3.63, 3.8) is 0 Å². The summed E-state index contributed by atoms with van der Waals surface area (Å²) in [6, 6.07) is -0.921. The van der Waals surface area contributed by atoms with Gasteiger partial charge in [0.15, 0.2) is 0 Å². The van der Waals surface area contributed by atoms with Crippen molar-refractivity contribution < 1.29 is 9.18 Å². The summed E-state index contributed by atoms with van der Waals surface area (Å²) in [5.74, 6) is -0.720. The second-order valence-corrected chi connectivity index (χ2v) is 7.37. The van der Waals surface area contributed by atoms with E-state index in [1.807, 2.05) is 6.92 Å². The van der Waals surface area contributed by atoms with Crippen molar-refractivity contribution in [3.05, 3.63) is 35.7 Å². The zero-order chi connectivity index (χ0) is 19.4. The Morgan fingerprint density at radius 1 is 1.38 bits per heavy atom. The molecule has 4 nitrogen and oxygen atoms in total. The van der Waals surface area contributed by atoms with Crippen LogP contribution in [-0.4, -0.2) is 31.6 Å². The van der Waals surface area contributed by atoms with Gasteiger partial charge in [0.05, 0.1) is 6.04 Å². The first-order valence-electron chi connectivity index (χ1n) is 9.57. The van der Waals surface area contributed by atoms with E-state index in [0.29, 0.717) is 30.5 Å². The van der Waals surface area contributed by atoms with E-state index in [-0.39, 0.29) is 5.91 Å². The highest BCUT2D eigenvalue weighted by Gasteiger charge is 2.27. The van der Waals surface area contributed by atoms with Gasteiger partial charge in [-0.3, -0.25) is 4.79 Å². The second kappa shape index (κ2) is 13.1. The molecule has 1 rings (SSSR count). The van der Waals surface area contributed by atoms with E-state index in [1.54, 1.807) is 0 Å². The Morgan fingerprint density at radius 3 is 2.69 bits per heavy atom. The van der Waals surface area contributed by atoms with Gasteiger partial charge in [0.2, 0.25) is 5.91 Å². The molecule has 1 amide bonds. The van der Waals surface area contributed by atoms with Gasteiger partial charge in [-0.1, -0.05) is 43.5 Å². The third-order valence-corrected chi connectivity index (χ3v) is 4.89. The zero-order valence-electron chi connectivity index (χ0n) is 15.8. The van der Waals surface area contributed by atoms with Gasteiger partial charge in [-0.15, -0.1) is 0 Å². The van der Waals surface area contributed by atoms with Crippen LogP contribution in [0.2, 0.25) is 0 Å². The number of halogens is 2. The summed E-state index contributed by atoms with van der Waals surface area (Å²) in [5, 5.41) is 6.38. The van der Waals surface area contributed by atoms with Crippen LogP contribution in [0, 0.1) is 11.8 Å². The number of carbonyl (C=O) groups excluding carboxylic acids is 1. The molecule has 1 fully saturated rings. The predicted molar refractivity (Wildman–Crippen MR) is 108 cm³/mol. The number of nitrogens with two attached hydrogens (primary N) is 1. The van der Waals surface area contributed by atoms with Gasteiger partial charge in [-0.2, -0.15) is 0 Å². The standard InChI is InChI=1S/C20H33ClFN3O/c1-3-25-20(26)19(23)17(18(22)11-7-8-15(2)21)12-13-24-14-16-9-5-4-6-10-16/h7-8,11,16-17,19,24H,2-6,9-10,12-14,23H2,1H3,(H,25,26)/b8-7-,18-11-. The third-order valence-electron chi connectivity index (χ3n) is 4.76. The van der Waals surface area contributed by atoms with Gasteiger partial charge in [0.25, 0.3) is 0 Å². The van der Waals surface area contributed by atoms with Crippen LogP contribution in [-0.2, 0) is 4.79 Å². The number of likely N-dealkylation sites (N-methyl/N-ethyl adjacent to an activating group) is 1. The van der Waals surface area contributed by atoms with Crippen molar-refractivity contribution in [3.8, 4) is 0 Å². The van der Waals surface area contributed by atoms with Crippen LogP contribution in [0.15, 0.2) is 35.7 Å². The van der Waals surface area contributed by atoms with E-state index in [9.17, 15) is 9.18 Å². The minimum Gasteiger partial charge on any atom is -0.355 e. The van der Waals surface area contributed by atoms with Crippen LogP contribution in [0.5, 0.6) is 0 Å². The van der Waals surface area contributed by atoms with E-state index >= 15 is 0 Å². The van der Waals surface area contributed by atoms with Crippen LogP contribution >= 0.6 is 11.6 Å². The molecule has 0 aromatic carbocycles. The van der Waals surface area contributed by atoms with Crippen LogP contribution in [0.3, 0.4) is 0 Å². The molecule has 0 bridgehead atoms. The first kappa shape index (κ1) is 22.9. The molecule has 4 N–H and O–H groups in total. The fraction of sp³-hybridized carbons (Fsp3) is 0.650. The largest absolute Gasteiger partial charge is 0.355 e. The van der Waals surface area contributed by atoms with Gasteiger partial charge in [0, 0.05) is 17.5 Å². The van der Waals surface area contributed by atoms with Gasteiger partial charge in [-0.05, 0) is 57.3 Å². The first-order valence-corrected chi connectivity index (χ1v) is 9.95. The highest BCUT2D eigenvalue weighted by Crippen LogP contribution is 2.23. The van der Waals surface area contributed by atoms with E-state index < -0.39 is 17.8 Å². The van der Waals surface area contributed by atoms with Crippen LogP contribution in [0.1, 0.15) is 45.4 Å². The normalized spacial score (nSPS) is 18.7. The van der Waals surface area contributed by atoms with Gasteiger partial charge < -0.3 is 16.4 Å². The van der Waals surface area contributed by atoms with E-state index in [0.717, 1.165) is 6.54 Å². The highest BCUT2D eigenvalue weighted by molar-refractivity contribution is 6.30. The van der Waals surface area contributed by atoms with Crippen molar-refractivity contribution in [1.29, 1.82) is 0 Å². The summed E-state index contributed by atoms with van der Waals surface area (Å²) in [4.78, 5) is 12.0. The molecule has 0 aromatic rings. The topological polar surface area (TPSA) is 67.1 Å². The van der Waals surface area contributed by atoms with E-state index in [2.05, 4.69) is 17.2 Å². The third kappa shape index (κ3) is 8.97. The maximum Gasteiger partial charge on any atom is 0.237 e. The van der Waals surface area contributed by atoms with Crippen molar-refractivity contribution in [1.82, 2.24) is 10.6 Å². The van der Waals surface area contributed by atoms with Crippen LogP contribution in [0.25, 0.3) is 0 Å². The zero-order valence-corrected chi connectivity index (χ0v) is 16.5. The number of rotatable bonds is 11. The van der Waals surface area contributed by atoms with Crippen LogP contribution in [0.4, 0.5) is 4.39 Å². The molecule has 2 unspecified atom stereocenters. The Bertz CT molecular complexity index is 501. The van der Waals surface area contributed by atoms with Gasteiger partial charge >= 0.3 is 0 Å². The molecule has 1 saturated carbocycles. The van der Waals surface area contributed by atoms with Gasteiger partial charge in [-0.25, -0.2) is 4.39 Å². The molecule has 0 spiro atoms. The summed E-state index contributed by atoms with van der Waals surface area (Å²) in [6.07, 6.45) is 11.2. The minimum atomic E-state index is -0.921. The van der Waals surface area contributed by atoms with E-state index in [1.165, 1.54) is 50.3 Å². The Balaban J connectivity index is 2.60. The lowest BCUT2D eigenvalue weighted by molar-refractivity contribution is -0.123. The highest BCUT2D eigenvalue weighted by atomic mass is 35.5. The molecule has 1 aliphatic carbocycles. The van der Waals surface area contributed by atoms with Crippen molar-refractivity contribution >= 4 is 17.5 Å². The quantitative estimate of drug-likeness (QED) is 0.374. The van der Waals surface area contributed by atoms with Crippen molar-refractivity contribution in [2.45, 2.75) is 51.5 Å². The average molecular weight is 386 g/mol. The molecule has 2 atom stereocenters. The molecule has 0 aromatic heterocycles. The number of hydrogen-bond donors (Lipinski definition) is 3. The van der Waals surface area contributed by atoms with Crippen molar-refractivity contribution in [2.75, 3.05) is 19.6 Å². The lowest BCUT2D eigenvalue weighted by Crippen LogP contribution is -2.46. The molecule has 26 heavy (non-hydrogen) atoms. The summed E-state index contributed by atoms with van der Waals surface area (Å²) >= 11 is 5.64. The molecular weight excluding hydrogens is 353 g/mol. The molecule has 0 saturated heterocycles. The number of hydrogen-bond acceptors (Lipinski definition) is 3. The molecule has 1 aliphatic rings. The lowest BCUT2D eigenvalue weighted by Gasteiger charge is -2.24. The number of nitrogens with one attached hydrogen (secondary N) is 2. The summed E-state index contributed by atoms with van der Waals surface area (Å²) < 4.78 is 14.6. The smallest absolute Gasteiger partial charge is 0.237 e. The number of amides is 1. The second-order valence-electron chi connectivity index (χ2n) is 6.88. The predicted octanol–water partition coefficient (Wildman–Crippen LogP) is 3.79. The molecule has 0 radical (unpaired) electrons.